The van der Waals surface area contributed by atoms with Crippen LogP contribution in [0.25, 0.3) is 10.8 Å². The van der Waals surface area contributed by atoms with E-state index in [4.69, 9.17) is 9.72 Å². The quantitative estimate of drug-likeness (QED) is 0.284. The Morgan fingerprint density at radius 1 is 1.14 bits per heavy atom. The molecule has 0 radical (unpaired) electrons. The summed E-state index contributed by atoms with van der Waals surface area (Å²) in [5.41, 5.74) is -0.657. The predicted octanol–water partition coefficient (Wildman–Crippen LogP) is 4.45. The minimum Gasteiger partial charge on any atom is -0.508 e. The Morgan fingerprint density at radius 3 is 2.59 bits per heavy atom. The number of benzene rings is 2. The van der Waals surface area contributed by atoms with Gasteiger partial charge in [0.15, 0.2) is 0 Å². The number of aromatic nitrogens is 2. The van der Waals surface area contributed by atoms with E-state index in [2.05, 4.69) is 32.9 Å². The number of hydrogen-bond acceptors (Lipinski definition) is 9. The zero-order chi connectivity index (χ0) is 34.7. The third-order valence-corrected chi connectivity index (χ3v) is 11.3. The zero-order valence-electron chi connectivity index (χ0n) is 27.6. The molecule has 3 fully saturated rings. The summed E-state index contributed by atoms with van der Waals surface area (Å²) in [6.45, 7) is 5.67. The van der Waals surface area contributed by atoms with Crippen molar-refractivity contribution in [3.63, 3.8) is 0 Å². The minimum atomic E-state index is -2.89. The van der Waals surface area contributed by atoms with E-state index in [1.807, 2.05) is 28.0 Å². The van der Waals surface area contributed by atoms with E-state index in [1.165, 1.54) is 13.0 Å². The first kappa shape index (κ1) is 34.1. The smallest absolute Gasteiger partial charge is 0.318 e. The number of β-amino-alcohol motifs (C(OH)–C–C–N with tert-alkyl or cyclic N) is 1. The number of amides is 2. The molecule has 2 saturated heterocycles. The van der Waals surface area contributed by atoms with Crippen LogP contribution in [0.15, 0.2) is 30.3 Å². The van der Waals surface area contributed by atoms with Crippen LogP contribution in [-0.2, 0) is 17.9 Å². The molecule has 2 amide bonds. The number of rotatable bonds is 8. The molecule has 1 aliphatic carbocycles. The van der Waals surface area contributed by atoms with Crippen LogP contribution in [0.4, 0.5) is 14.6 Å². The minimum absolute atomic E-state index is 0.0100. The third kappa shape index (κ3) is 6.87. The van der Waals surface area contributed by atoms with Gasteiger partial charge in [-0.15, -0.1) is 0 Å². The van der Waals surface area contributed by atoms with Gasteiger partial charge in [0.25, 0.3) is 11.8 Å². The van der Waals surface area contributed by atoms with Crippen molar-refractivity contribution in [3.8, 4) is 11.8 Å². The first-order valence-electron chi connectivity index (χ1n) is 16.8. The highest BCUT2D eigenvalue weighted by Gasteiger charge is 2.72. The van der Waals surface area contributed by atoms with Gasteiger partial charge >= 0.3 is 6.01 Å². The zero-order valence-corrected chi connectivity index (χ0v) is 29.8. The maximum Gasteiger partial charge on any atom is 0.318 e. The Hall–Kier alpha value is -3.37. The molecule has 3 N–H and O–H groups in total. The number of ether oxygens (including phenoxy) is 1. The lowest BCUT2D eigenvalue weighted by Crippen LogP contribution is -2.47. The number of phenols is 1. The van der Waals surface area contributed by atoms with Crippen molar-refractivity contribution in [3.05, 3.63) is 50.7 Å². The summed E-state index contributed by atoms with van der Waals surface area (Å²) in [6.07, 6.45) is 2.47. The number of aromatic hydroxyl groups is 1. The van der Waals surface area contributed by atoms with Crippen molar-refractivity contribution in [2.24, 2.45) is 5.41 Å². The summed E-state index contributed by atoms with van der Waals surface area (Å²) in [5, 5.41) is 25.8. The number of fused-ring (bicyclic) bond motifs is 2. The largest absolute Gasteiger partial charge is 0.508 e. The van der Waals surface area contributed by atoms with Gasteiger partial charge in [0.2, 0.25) is 5.91 Å². The van der Waals surface area contributed by atoms with Crippen LogP contribution in [0.5, 0.6) is 11.8 Å². The lowest BCUT2D eigenvalue weighted by molar-refractivity contribution is -0.120. The fraction of sp³-hybridized carbons (Fsp3) is 0.543. The van der Waals surface area contributed by atoms with Crippen LogP contribution in [0.2, 0.25) is 0 Å². The Bertz CT molecular complexity index is 1800. The van der Waals surface area contributed by atoms with Crippen LogP contribution in [0.3, 0.4) is 0 Å². The van der Waals surface area contributed by atoms with Crippen molar-refractivity contribution >= 4 is 51.0 Å². The summed E-state index contributed by atoms with van der Waals surface area (Å²) < 4.78 is 36.9. The molecule has 4 aliphatic rings. The molecule has 0 bridgehead atoms. The Morgan fingerprint density at radius 2 is 1.90 bits per heavy atom. The molecular weight excluding hydrogens is 749 g/mol. The van der Waals surface area contributed by atoms with Crippen molar-refractivity contribution in [1.82, 2.24) is 25.1 Å². The number of carbonyl (C=O) groups is 2. The number of anilines is 1. The molecule has 7 rings (SSSR count). The molecule has 1 saturated carbocycles. The fourth-order valence-corrected chi connectivity index (χ4v) is 8.51. The van der Waals surface area contributed by atoms with E-state index in [1.54, 1.807) is 17.9 Å². The van der Waals surface area contributed by atoms with Crippen molar-refractivity contribution < 1.29 is 33.3 Å². The number of hydrogen-bond donors (Lipinski definition) is 3. The van der Waals surface area contributed by atoms with Gasteiger partial charge in [-0.3, -0.25) is 9.59 Å². The molecule has 11 nitrogen and oxygen atoms in total. The molecule has 0 unspecified atom stereocenters. The van der Waals surface area contributed by atoms with E-state index in [9.17, 15) is 28.6 Å². The molecule has 0 spiro atoms. The lowest BCUT2D eigenvalue weighted by atomic mass is 9.95. The van der Waals surface area contributed by atoms with E-state index < -0.39 is 16.9 Å². The first-order chi connectivity index (χ1) is 23.2. The van der Waals surface area contributed by atoms with Gasteiger partial charge in [-0.1, -0.05) is 12.1 Å². The number of halogens is 3. The number of aliphatic hydroxyl groups is 1. The molecule has 49 heavy (non-hydrogen) atoms. The van der Waals surface area contributed by atoms with Gasteiger partial charge in [-0.2, -0.15) is 9.97 Å². The fourth-order valence-electron chi connectivity index (χ4n) is 7.70. The first-order valence-corrected chi connectivity index (χ1v) is 17.9. The van der Waals surface area contributed by atoms with Crippen LogP contribution in [0, 0.1) is 8.99 Å². The highest BCUT2D eigenvalue weighted by Crippen LogP contribution is 2.61. The lowest BCUT2D eigenvalue weighted by Gasteiger charge is -2.38. The predicted molar refractivity (Wildman–Crippen MR) is 187 cm³/mol. The summed E-state index contributed by atoms with van der Waals surface area (Å²) in [4.78, 5) is 40.6. The van der Waals surface area contributed by atoms with E-state index >= 15 is 0 Å². The summed E-state index contributed by atoms with van der Waals surface area (Å²) >= 11 is 2.19. The van der Waals surface area contributed by atoms with E-state index in [0.29, 0.717) is 62.5 Å². The second kappa shape index (κ2) is 12.7. The number of alkyl halides is 2. The second-order valence-electron chi connectivity index (χ2n) is 14.5. The van der Waals surface area contributed by atoms with Gasteiger partial charge in [0, 0.05) is 66.6 Å². The van der Waals surface area contributed by atoms with Gasteiger partial charge in [0.05, 0.1) is 35.4 Å². The number of piperidine rings is 2. The number of nitrogens with one attached hydrogen (secondary N) is 1. The maximum atomic E-state index is 15.0. The number of phenolic OH excluding ortho intramolecular Hbond substituents is 1. The molecule has 4 heterocycles. The second-order valence-corrected chi connectivity index (χ2v) is 15.6. The standard InChI is InChI=1S/C35H41F2IN6O5/c1-21(45)39-23-7-11-42(12-8-23)19-34(17-35(34,36)37)20-49-32-40-28-16-44(15-26(28)30(41-32)43-10-4-9-33(2,48)18-43)31(47)25-14-24(46)13-22-5-3-6-27(38)29(22)25/h3,5-6,13-14,23,46,48H,4,7-12,15-20H2,1-2H3,(H,39,45)/t33-,34-/m1/s1. The molecule has 262 valence electrons. The van der Waals surface area contributed by atoms with Crippen molar-refractivity contribution in [2.75, 3.05) is 44.2 Å². The molecule has 1 aromatic heterocycles. The van der Waals surface area contributed by atoms with Gasteiger partial charge in [-0.25, -0.2) is 8.78 Å². The normalized spacial score (nSPS) is 25.3. The summed E-state index contributed by atoms with van der Waals surface area (Å²) in [5.74, 6) is -2.74. The van der Waals surface area contributed by atoms with E-state index in [-0.39, 0.29) is 62.3 Å². The molecule has 2 atom stereocenters. The SMILES string of the molecule is CC(=O)NC1CCN(C[C@@]2(COc3nc4c(c(N5CCC[C@@](C)(O)C5)n3)CN(C(=O)c3cc(O)cc5cccc(I)c35)C4)CC2(F)F)CC1. The molecule has 2 aromatic carbocycles. The molecular formula is C35H41F2IN6O5. The molecule has 3 aromatic rings. The van der Waals surface area contributed by atoms with Gasteiger partial charge in [-0.05, 0) is 78.8 Å². The van der Waals surface area contributed by atoms with Gasteiger partial charge < -0.3 is 35.0 Å². The van der Waals surface area contributed by atoms with Crippen LogP contribution in [-0.4, -0.2) is 98.7 Å². The van der Waals surface area contributed by atoms with Gasteiger partial charge in [0.1, 0.15) is 18.2 Å². The van der Waals surface area contributed by atoms with Crippen molar-refractivity contribution in [1.29, 1.82) is 0 Å². The topological polar surface area (TPSA) is 131 Å². The number of likely N-dealkylation sites (tertiary alicyclic amines) is 1. The Balaban J connectivity index is 1.14. The highest BCUT2D eigenvalue weighted by atomic mass is 127. The Labute approximate surface area is 297 Å². The van der Waals surface area contributed by atoms with Crippen LogP contribution >= 0.6 is 22.6 Å². The average Bonchev–Trinajstić information content (AvgIpc) is 3.33. The Kier molecular flexibility index (Phi) is 8.87. The monoisotopic (exact) mass is 790 g/mol. The molecule has 14 heteroatoms. The highest BCUT2D eigenvalue weighted by molar-refractivity contribution is 14.1. The maximum absolute atomic E-state index is 15.0. The number of carbonyl (C=O) groups excluding carboxylic acids is 2. The van der Waals surface area contributed by atoms with Crippen LogP contribution in [0.1, 0.15) is 67.6 Å². The third-order valence-electron chi connectivity index (χ3n) is 10.4. The molecule has 3 aliphatic heterocycles. The summed E-state index contributed by atoms with van der Waals surface area (Å²) in [7, 11) is 0. The number of nitrogens with zero attached hydrogens (tertiary/aromatic N) is 5. The average molecular weight is 791 g/mol. The summed E-state index contributed by atoms with van der Waals surface area (Å²) in [6, 6.07) is 8.77. The van der Waals surface area contributed by atoms with E-state index in [0.717, 1.165) is 26.3 Å². The van der Waals surface area contributed by atoms with Crippen molar-refractivity contribution in [2.45, 2.75) is 76.6 Å². The van der Waals surface area contributed by atoms with Crippen LogP contribution < -0.4 is 15.0 Å².